The van der Waals surface area contributed by atoms with E-state index in [0.717, 1.165) is 5.56 Å². The van der Waals surface area contributed by atoms with Crippen molar-refractivity contribution in [2.24, 2.45) is 0 Å². The van der Waals surface area contributed by atoms with Crippen LogP contribution in [0, 0.1) is 0 Å². The van der Waals surface area contributed by atoms with Crippen molar-refractivity contribution in [1.29, 1.82) is 0 Å². The lowest BCUT2D eigenvalue weighted by atomic mass is 10.0. The summed E-state index contributed by atoms with van der Waals surface area (Å²) in [6, 6.07) is 5.00. The lowest BCUT2D eigenvalue weighted by Gasteiger charge is -2.23. The van der Waals surface area contributed by atoms with Crippen LogP contribution < -0.4 is 14.8 Å². The molecule has 2 N–H and O–H groups in total. The summed E-state index contributed by atoms with van der Waals surface area (Å²) in [7, 11) is 0. The summed E-state index contributed by atoms with van der Waals surface area (Å²) in [6.45, 7) is 6.24. The van der Waals surface area contributed by atoms with Gasteiger partial charge in [-0.3, -0.25) is 0 Å². The van der Waals surface area contributed by atoms with Crippen LogP contribution >= 0.6 is 0 Å². The molecule has 0 bridgehead atoms. The highest BCUT2D eigenvalue weighted by molar-refractivity contribution is 5.90. The number of hydrogen-bond acceptors (Lipinski definition) is 7. The molecule has 0 aliphatic carbocycles. The maximum atomic E-state index is 11.4. The summed E-state index contributed by atoms with van der Waals surface area (Å²) in [5, 5.41) is 23.3. The second kappa shape index (κ2) is 6.80. The van der Waals surface area contributed by atoms with Crippen LogP contribution in [-0.4, -0.2) is 44.0 Å². The number of nitrogens with zero attached hydrogens (tertiary/aromatic N) is 4. The molecular formula is C16H19N5O4. The Morgan fingerprint density at radius 1 is 1.40 bits per heavy atom. The molecule has 9 nitrogen and oxygen atoms in total. The van der Waals surface area contributed by atoms with Crippen molar-refractivity contribution >= 4 is 11.9 Å². The van der Waals surface area contributed by atoms with Crippen LogP contribution in [0.25, 0.3) is 0 Å². The molecule has 1 atom stereocenters. The van der Waals surface area contributed by atoms with Crippen LogP contribution in [0.1, 0.15) is 32.4 Å². The Morgan fingerprint density at radius 2 is 2.20 bits per heavy atom. The molecule has 132 valence electrons. The van der Waals surface area contributed by atoms with Crippen molar-refractivity contribution in [2.45, 2.75) is 32.9 Å². The highest BCUT2D eigenvalue weighted by atomic mass is 16.5. The van der Waals surface area contributed by atoms with Gasteiger partial charge in [0.25, 0.3) is 0 Å². The molecule has 0 saturated carbocycles. The Bertz CT molecular complexity index is 815. The first-order chi connectivity index (χ1) is 12.0. The number of allylic oxidation sites excluding steroid dienone is 1. The summed E-state index contributed by atoms with van der Waals surface area (Å²) < 4.78 is 12.9. The average Bonchev–Trinajstić information content (AvgIpc) is 3.04. The molecule has 2 heterocycles. The van der Waals surface area contributed by atoms with Crippen LogP contribution in [0.15, 0.2) is 30.0 Å². The van der Waals surface area contributed by atoms with E-state index in [1.54, 1.807) is 12.1 Å². The zero-order valence-corrected chi connectivity index (χ0v) is 14.1. The Balaban J connectivity index is 2.03. The summed E-state index contributed by atoms with van der Waals surface area (Å²) in [5.41, 5.74) is 0.807. The van der Waals surface area contributed by atoms with Crippen LogP contribution in [0.5, 0.6) is 11.5 Å². The van der Waals surface area contributed by atoms with Gasteiger partial charge in [-0.2, -0.15) is 4.68 Å². The minimum absolute atomic E-state index is 0.00793. The molecule has 1 aliphatic heterocycles. The molecule has 0 spiro atoms. The number of anilines is 1. The normalized spacial score (nSPS) is 16.0. The van der Waals surface area contributed by atoms with Crippen molar-refractivity contribution in [3.05, 3.63) is 35.5 Å². The van der Waals surface area contributed by atoms with Crippen molar-refractivity contribution in [3.63, 3.8) is 0 Å². The molecule has 25 heavy (non-hydrogen) atoms. The highest BCUT2D eigenvalue weighted by Gasteiger charge is 2.27. The molecule has 2 aromatic rings. The predicted molar refractivity (Wildman–Crippen MR) is 88.7 cm³/mol. The Labute approximate surface area is 144 Å². The fourth-order valence-corrected chi connectivity index (χ4v) is 2.54. The second-order valence-corrected chi connectivity index (χ2v) is 5.71. The van der Waals surface area contributed by atoms with E-state index in [9.17, 15) is 9.90 Å². The van der Waals surface area contributed by atoms with Gasteiger partial charge in [0.2, 0.25) is 5.95 Å². The average molecular weight is 345 g/mol. The van der Waals surface area contributed by atoms with Gasteiger partial charge < -0.3 is 19.9 Å². The Hall–Kier alpha value is -3.10. The Morgan fingerprint density at radius 3 is 2.88 bits per heavy atom. The van der Waals surface area contributed by atoms with E-state index in [-0.39, 0.29) is 17.7 Å². The number of aromatic nitrogens is 4. The lowest BCUT2D eigenvalue weighted by Crippen LogP contribution is -2.24. The molecule has 1 aromatic carbocycles. The van der Waals surface area contributed by atoms with Gasteiger partial charge in [-0.05, 0) is 55.0 Å². The number of carbonyl (C=O) groups is 1. The monoisotopic (exact) mass is 345 g/mol. The maximum Gasteiger partial charge on any atom is 0.352 e. The van der Waals surface area contributed by atoms with Crippen molar-refractivity contribution in [2.75, 3.05) is 11.9 Å². The quantitative estimate of drug-likeness (QED) is 0.816. The van der Waals surface area contributed by atoms with Gasteiger partial charge in [0.05, 0.1) is 12.7 Å². The van der Waals surface area contributed by atoms with E-state index in [4.69, 9.17) is 9.47 Å². The molecular weight excluding hydrogens is 326 g/mol. The van der Waals surface area contributed by atoms with Crippen molar-refractivity contribution < 1.29 is 19.4 Å². The molecule has 0 unspecified atom stereocenters. The van der Waals surface area contributed by atoms with Crippen molar-refractivity contribution in [1.82, 2.24) is 20.2 Å². The summed E-state index contributed by atoms with van der Waals surface area (Å²) in [6.07, 6.45) is 1.56. The molecule has 0 amide bonds. The largest absolute Gasteiger partial charge is 0.490 e. The fraction of sp³-hybridized carbons (Fsp3) is 0.375. The first-order valence-electron chi connectivity index (χ1n) is 7.93. The molecule has 9 heteroatoms. The van der Waals surface area contributed by atoms with Gasteiger partial charge in [0.15, 0.2) is 11.5 Å². The number of benzene rings is 1. The minimum Gasteiger partial charge on any atom is -0.490 e. The maximum absolute atomic E-state index is 11.4. The SMILES string of the molecule is CCOc1cc([C@H]2C=C(C(=O)O)Nc3nnnn32)ccc1OC(C)C. The second-order valence-electron chi connectivity index (χ2n) is 5.71. The topological polar surface area (TPSA) is 111 Å². The third-order valence-electron chi connectivity index (χ3n) is 3.53. The highest BCUT2D eigenvalue weighted by Crippen LogP contribution is 2.35. The predicted octanol–water partition coefficient (Wildman–Crippen LogP) is 1.84. The Kier molecular flexibility index (Phi) is 4.55. The molecule has 0 fully saturated rings. The van der Waals surface area contributed by atoms with Crippen LogP contribution in [0.3, 0.4) is 0 Å². The summed E-state index contributed by atoms with van der Waals surface area (Å²) >= 11 is 0. The van der Waals surface area contributed by atoms with Crippen LogP contribution in [0.4, 0.5) is 5.95 Å². The van der Waals surface area contributed by atoms with E-state index in [1.807, 2.05) is 32.9 Å². The smallest absolute Gasteiger partial charge is 0.352 e. The number of hydrogen-bond donors (Lipinski definition) is 2. The van der Waals surface area contributed by atoms with Gasteiger partial charge in [0.1, 0.15) is 11.7 Å². The fourth-order valence-electron chi connectivity index (χ4n) is 2.54. The zero-order chi connectivity index (χ0) is 18.0. The van der Waals surface area contributed by atoms with E-state index in [0.29, 0.717) is 18.1 Å². The molecule has 0 saturated heterocycles. The van der Waals surface area contributed by atoms with Gasteiger partial charge >= 0.3 is 5.97 Å². The first-order valence-corrected chi connectivity index (χ1v) is 7.93. The van der Waals surface area contributed by atoms with E-state index in [1.165, 1.54) is 4.68 Å². The third-order valence-corrected chi connectivity index (χ3v) is 3.53. The summed E-state index contributed by atoms with van der Waals surface area (Å²) in [5.74, 6) is 0.412. The lowest BCUT2D eigenvalue weighted by molar-refractivity contribution is -0.132. The van der Waals surface area contributed by atoms with Gasteiger partial charge in [-0.1, -0.05) is 11.2 Å². The summed E-state index contributed by atoms with van der Waals surface area (Å²) in [4.78, 5) is 11.4. The van der Waals surface area contributed by atoms with E-state index in [2.05, 4.69) is 20.8 Å². The number of fused-ring (bicyclic) bond motifs is 1. The number of nitrogens with one attached hydrogen (secondary N) is 1. The van der Waals surface area contributed by atoms with Crippen LogP contribution in [-0.2, 0) is 4.79 Å². The third kappa shape index (κ3) is 3.39. The van der Waals surface area contributed by atoms with Gasteiger partial charge in [-0.25, -0.2) is 4.79 Å². The van der Waals surface area contributed by atoms with E-state index >= 15 is 0 Å². The van der Waals surface area contributed by atoms with E-state index < -0.39 is 12.0 Å². The number of rotatable bonds is 6. The number of carboxylic acids is 1. The molecule has 0 radical (unpaired) electrons. The molecule has 1 aliphatic rings. The zero-order valence-electron chi connectivity index (χ0n) is 14.1. The number of aliphatic carboxylic acids is 1. The number of carboxylic acid groups (broad SMARTS) is 1. The number of tetrazole rings is 1. The molecule has 3 rings (SSSR count). The first kappa shape index (κ1) is 16.7. The van der Waals surface area contributed by atoms with Gasteiger partial charge in [-0.15, -0.1) is 0 Å². The number of ether oxygens (including phenoxy) is 2. The minimum atomic E-state index is -1.08. The van der Waals surface area contributed by atoms with Crippen LogP contribution in [0.2, 0.25) is 0 Å². The molecule has 1 aromatic heterocycles. The van der Waals surface area contributed by atoms with Gasteiger partial charge in [0, 0.05) is 0 Å². The van der Waals surface area contributed by atoms with Crippen molar-refractivity contribution in [3.8, 4) is 11.5 Å². The standard InChI is InChI=1S/C16H19N5O4/c1-4-24-14-7-10(5-6-13(14)25-9(2)3)12-8-11(15(22)23)17-16-18-19-20-21(12)16/h5-9,12H,4H2,1-3H3,(H,22,23)(H,17,18,20)/t12-/m1/s1.